The van der Waals surface area contributed by atoms with Crippen LogP contribution in [0, 0.1) is 0 Å². The fourth-order valence-corrected chi connectivity index (χ4v) is 3.79. The minimum absolute atomic E-state index is 0.272. The fraction of sp³-hybridized carbons (Fsp3) is 0.227. The van der Waals surface area contributed by atoms with Crippen LogP contribution in [-0.4, -0.2) is 17.1 Å². The van der Waals surface area contributed by atoms with Crippen LogP contribution in [0.15, 0.2) is 48.5 Å². The summed E-state index contributed by atoms with van der Waals surface area (Å²) in [6.07, 6.45) is 1.86. The first-order chi connectivity index (χ1) is 12.6. The molecule has 0 saturated heterocycles. The van der Waals surface area contributed by atoms with Gasteiger partial charge in [-0.25, -0.2) is 4.79 Å². The van der Waals surface area contributed by atoms with E-state index in [0.717, 1.165) is 45.4 Å². The molecule has 4 rings (SSSR count). The van der Waals surface area contributed by atoms with Gasteiger partial charge in [0, 0.05) is 28.4 Å². The fourth-order valence-electron chi connectivity index (χ4n) is 3.62. The molecule has 0 radical (unpaired) electrons. The number of rotatable bonds is 4. The summed E-state index contributed by atoms with van der Waals surface area (Å²) in [5.41, 5.74) is 2.54. The molecule has 1 heterocycles. The first-order valence-electron chi connectivity index (χ1n) is 8.88. The monoisotopic (exact) mass is 365 g/mol. The van der Waals surface area contributed by atoms with Gasteiger partial charge < -0.3 is 9.30 Å². The Hall–Kier alpha value is -2.52. The third-order valence-electron chi connectivity index (χ3n) is 4.90. The first-order valence-corrected chi connectivity index (χ1v) is 9.26. The SMILES string of the molecule is CCCCOC(=O)c1cc2ccccc2c2c3cc(Cl)ccc3n(C)c12. The van der Waals surface area contributed by atoms with Gasteiger partial charge in [0.2, 0.25) is 0 Å². The van der Waals surface area contributed by atoms with Crippen LogP contribution in [0.2, 0.25) is 5.02 Å². The molecular weight excluding hydrogens is 346 g/mol. The number of unbranched alkanes of at least 4 members (excludes halogenated alkanes) is 1. The number of halogens is 1. The van der Waals surface area contributed by atoms with Gasteiger partial charge in [0.05, 0.1) is 17.7 Å². The van der Waals surface area contributed by atoms with Gasteiger partial charge >= 0.3 is 5.97 Å². The summed E-state index contributed by atoms with van der Waals surface area (Å²) in [7, 11) is 1.98. The molecule has 26 heavy (non-hydrogen) atoms. The van der Waals surface area contributed by atoms with Crippen LogP contribution in [0.1, 0.15) is 30.1 Å². The molecule has 0 amide bonds. The van der Waals surface area contributed by atoms with E-state index in [9.17, 15) is 4.79 Å². The maximum atomic E-state index is 12.8. The largest absolute Gasteiger partial charge is 0.462 e. The van der Waals surface area contributed by atoms with E-state index in [1.165, 1.54) is 0 Å². The van der Waals surface area contributed by atoms with Crippen LogP contribution in [0.25, 0.3) is 32.6 Å². The van der Waals surface area contributed by atoms with Crippen LogP contribution in [0.4, 0.5) is 0 Å². The average Bonchev–Trinajstić information content (AvgIpc) is 2.94. The normalized spacial score (nSPS) is 11.5. The maximum Gasteiger partial charge on any atom is 0.340 e. The standard InChI is InChI=1S/C22H20ClNO2/c1-3-4-11-26-22(25)18-12-14-7-5-6-8-16(14)20-17-13-15(23)9-10-19(17)24(2)21(18)20/h5-10,12-13H,3-4,11H2,1-2H3. The second-order valence-corrected chi connectivity index (χ2v) is 7.02. The van der Waals surface area contributed by atoms with Crippen molar-refractivity contribution < 1.29 is 9.53 Å². The van der Waals surface area contributed by atoms with E-state index in [0.29, 0.717) is 17.2 Å². The van der Waals surface area contributed by atoms with Crippen LogP contribution in [0.5, 0.6) is 0 Å². The Morgan fingerprint density at radius 2 is 1.92 bits per heavy atom. The van der Waals surface area contributed by atoms with E-state index in [1.807, 2.05) is 49.5 Å². The molecule has 0 aliphatic heterocycles. The summed E-state index contributed by atoms with van der Waals surface area (Å²) in [4.78, 5) is 12.8. The smallest absolute Gasteiger partial charge is 0.340 e. The minimum atomic E-state index is -0.272. The van der Waals surface area contributed by atoms with Gasteiger partial charge in [-0.1, -0.05) is 49.2 Å². The van der Waals surface area contributed by atoms with Gasteiger partial charge in [-0.15, -0.1) is 0 Å². The lowest BCUT2D eigenvalue weighted by Crippen LogP contribution is -2.08. The molecule has 0 N–H and O–H groups in total. The van der Waals surface area contributed by atoms with Crippen molar-refractivity contribution in [3.63, 3.8) is 0 Å². The molecule has 1 aromatic heterocycles. The molecule has 0 saturated carbocycles. The number of fused-ring (bicyclic) bond motifs is 5. The van der Waals surface area contributed by atoms with Crippen LogP contribution in [-0.2, 0) is 11.8 Å². The Bertz CT molecular complexity index is 1140. The number of hydrogen-bond donors (Lipinski definition) is 0. The van der Waals surface area contributed by atoms with E-state index in [1.54, 1.807) is 0 Å². The highest BCUT2D eigenvalue weighted by molar-refractivity contribution is 6.33. The van der Waals surface area contributed by atoms with Gasteiger partial charge in [-0.3, -0.25) is 0 Å². The predicted molar refractivity (Wildman–Crippen MR) is 108 cm³/mol. The number of ether oxygens (including phenoxy) is 1. The summed E-state index contributed by atoms with van der Waals surface area (Å²) in [6, 6.07) is 15.9. The van der Waals surface area contributed by atoms with E-state index in [2.05, 4.69) is 17.6 Å². The zero-order valence-corrected chi connectivity index (χ0v) is 15.6. The Morgan fingerprint density at radius 3 is 2.73 bits per heavy atom. The average molecular weight is 366 g/mol. The third-order valence-corrected chi connectivity index (χ3v) is 5.13. The molecule has 0 fully saturated rings. The van der Waals surface area contributed by atoms with Gasteiger partial charge in [-0.05, 0) is 41.5 Å². The highest BCUT2D eigenvalue weighted by Crippen LogP contribution is 2.37. The molecule has 132 valence electrons. The zero-order valence-electron chi connectivity index (χ0n) is 14.9. The van der Waals surface area contributed by atoms with Crippen molar-refractivity contribution in [3.05, 3.63) is 59.1 Å². The van der Waals surface area contributed by atoms with Gasteiger partial charge in [0.15, 0.2) is 0 Å². The molecule has 0 unspecified atom stereocenters. The zero-order chi connectivity index (χ0) is 18.3. The number of aryl methyl sites for hydroxylation is 1. The molecular formula is C22H20ClNO2. The van der Waals surface area contributed by atoms with Crippen molar-refractivity contribution in [1.29, 1.82) is 0 Å². The Morgan fingerprint density at radius 1 is 1.12 bits per heavy atom. The van der Waals surface area contributed by atoms with Crippen molar-refractivity contribution in [2.24, 2.45) is 7.05 Å². The highest BCUT2D eigenvalue weighted by atomic mass is 35.5. The molecule has 4 heteroatoms. The van der Waals surface area contributed by atoms with Crippen LogP contribution in [0.3, 0.4) is 0 Å². The van der Waals surface area contributed by atoms with E-state index >= 15 is 0 Å². The molecule has 0 aliphatic carbocycles. The third kappa shape index (κ3) is 2.63. The summed E-state index contributed by atoms with van der Waals surface area (Å²) < 4.78 is 7.58. The Balaban J connectivity index is 2.08. The second-order valence-electron chi connectivity index (χ2n) is 6.58. The van der Waals surface area contributed by atoms with E-state index in [4.69, 9.17) is 16.3 Å². The highest BCUT2D eigenvalue weighted by Gasteiger charge is 2.20. The Labute approximate surface area is 157 Å². The summed E-state index contributed by atoms with van der Waals surface area (Å²) in [5, 5.41) is 4.92. The van der Waals surface area contributed by atoms with Crippen LogP contribution < -0.4 is 0 Å². The van der Waals surface area contributed by atoms with Crippen LogP contribution >= 0.6 is 11.6 Å². The lowest BCUT2D eigenvalue weighted by molar-refractivity contribution is 0.0502. The molecule has 3 aromatic carbocycles. The van der Waals surface area contributed by atoms with Crippen molar-refractivity contribution in [2.45, 2.75) is 19.8 Å². The van der Waals surface area contributed by atoms with Crippen molar-refractivity contribution >= 4 is 50.1 Å². The van der Waals surface area contributed by atoms with Crippen molar-refractivity contribution in [1.82, 2.24) is 4.57 Å². The molecule has 0 aliphatic rings. The number of aromatic nitrogens is 1. The second kappa shape index (κ2) is 6.65. The number of esters is 1. The molecule has 0 spiro atoms. The van der Waals surface area contributed by atoms with E-state index in [-0.39, 0.29) is 5.97 Å². The minimum Gasteiger partial charge on any atom is -0.462 e. The van der Waals surface area contributed by atoms with Gasteiger partial charge in [-0.2, -0.15) is 0 Å². The quantitative estimate of drug-likeness (QED) is 0.323. The lowest BCUT2D eigenvalue weighted by Gasteiger charge is -2.10. The molecule has 0 bridgehead atoms. The molecule has 0 atom stereocenters. The number of nitrogens with zero attached hydrogens (tertiary/aromatic N) is 1. The number of benzene rings is 3. The van der Waals surface area contributed by atoms with E-state index < -0.39 is 0 Å². The van der Waals surface area contributed by atoms with Crippen molar-refractivity contribution in [2.75, 3.05) is 6.61 Å². The number of carbonyl (C=O) groups is 1. The lowest BCUT2D eigenvalue weighted by atomic mass is 10.00. The summed E-state index contributed by atoms with van der Waals surface area (Å²) in [6.45, 7) is 2.52. The van der Waals surface area contributed by atoms with Gasteiger partial charge in [0.1, 0.15) is 0 Å². The molecule has 4 aromatic rings. The number of carbonyl (C=O) groups excluding carboxylic acids is 1. The maximum absolute atomic E-state index is 12.8. The Kier molecular flexibility index (Phi) is 4.33. The van der Waals surface area contributed by atoms with Gasteiger partial charge in [0.25, 0.3) is 0 Å². The summed E-state index contributed by atoms with van der Waals surface area (Å²) >= 11 is 6.27. The predicted octanol–water partition coefficient (Wildman–Crippen LogP) is 6.10. The number of hydrogen-bond acceptors (Lipinski definition) is 2. The topological polar surface area (TPSA) is 31.2 Å². The first kappa shape index (κ1) is 16.9. The summed E-state index contributed by atoms with van der Waals surface area (Å²) in [5.74, 6) is -0.272. The van der Waals surface area contributed by atoms with Crippen molar-refractivity contribution in [3.8, 4) is 0 Å². The molecule has 3 nitrogen and oxygen atoms in total.